The van der Waals surface area contributed by atoms with Crippen LogP contribution in [0.25, 0.3) is 44.8 Å². The highest BCUT2D eigenvalue weighted by Crippen LogP contribution is 2.34. The molecule has 0 saturated carbocycles. The predicted octanol–water partition coefficient (Wildman–Crippen LogP) is 8.13. The lowest BCUT2D eigenvalue weighted by molar-refractivity contribution is -0.904. The maximum absolute atomic E-state index is 9.82. The molecule has 12 radical (unpaired) electrons. The lowest BCUT2D eigenvalue weighted by Crippen LogP contribution is -2.34. The summed E-state index contributed by atoms with van der Waals surface area (Å²) in [6, 6.07) is 46.1. The van der Waals surface area contributed by atoms with E-state index in [1.807, 2.05) is 48.9 Å². The molecular formula is C52H46B4N4O2+2. The Labute approximate surface area is 373 Å². The third-order valence-corrected chi connectivity index (χ3v) is 11.7. The zero-order valence-electron chi connectivity index (χ0n) is 34.8. The fourth-order valence-corrected chi connectivity index (χ4v) is 8.80. The van der Waals surface area contributed by atoms with Crippen LogP contribution in [-0.4, -0.2) is 54.0 Å². The zero-order chi connectivity index (χ0) is 39.3. The minimum atomic E-state index is 0. The SMILES string of the molecule is O[n+]1ccc2c(c1)-c1ccccc1CC2.O[n+]1cccc2c1-c1ccccc1CC2.[B].[B].[B].[B].c1ccc2c(c1)CCc1cccnc1-2.c1ccc2c(c1)CCc1ccncc1-2. The van der Waals surface area contributed by atoms with Crippen LogP contribution in [0.1, 0.15) is 44.5 Å². The van der Waals surface area contributed by atoms with Crippen molar-refractivity contribution in [3.8, 4) is 44.8 Å². The lowest BCUT2D eigenvalue weighted by atomic mass is 9.87. The van der Waals surface area contributed by atoms with Crippen LogP contribution in [0.3, 0.4) is 0 Å². The molecule has 0 atom stereocenters. The Kier molecular flexibility index (Phi) is 15.9. The number of hydrogen-bond donors (Lipinski definition) is 2. The van der Waals surface area contributed by atoms with Crippen LogP contribution in [0.5, 0.6) is 0 Å². The number of rotatable bonds is 0. The molecule has 0 unspecified atom stereocenters. The molecule has 62 heavy (non-hydrogen) atoms. The molecule has 4 aromatic heterocycles. The molecule has 10 heteroatoms. The number of pyridine rings is 4. The van der Waals surface area contributed by atoms with E-state index < -0.39 is 0 Å². The highest BCUT2D eigenvalue weighted by molar-refractivity contribution is 5.76. The van der Waals surface area contributed by atoms with E-state index >= 15 is 0 Å². The van der Waals surface area contributed by atoms with Gasteiger partial charge in [-0.1, -0.05) is 97.1 Å². The molecule has 4 heterocycles. The Morgan fingerprint density at radius 2 is 0.823 bits per heavy atom. The molecular weight excluding hydrogens is 756 g/mol. The molecule has 0 bridgehead atoms. The summed E-state index contributed by atoms with van der Waals surface area (Å²) in [7, 11) is 0. The molecule has 8 aromatic rings. The number of nitrogens with zero attached hydrogens (tertiary/aromatic N) is 4. The van der Waals surface area contributed by atoms with E-state index in [1.165, 1.54) is 77.2 Å². The molecule has 0 saturated heterocycles. The first-order chi connectivity index (χ1) is 28.6. The fourth-order valence-electron chi connectivity index (χ4n) is 8.80. The molecule has 0 spiro atoms. The number of aromatic nitrogens is 4. The van der Waals surface area contributed by atoms with E-state index in [2.05, 4.69) is 113 Å². The largest absolute Gasteiger partial charge is 0.285 e. The van der Waals surface area contributed by atoms with Crippen LogP contribution in [-0.2, 0) is 51.4 Å². The highest BCUT2D eigenvalue weighted by atomic mass is 16.5. The molecule has 296 valence electrons. The fraction of sp³-hybridized carbons (Fsp3) is 0.154. The topological polar surface area (TPSA) is 74.0 Å². The van der Waals surface area contributed by atoms with Crippen LogP contribution < -0.4 is 9.46 Å². The number of aryl methyl sites for hydroxylation is 8. The van der Waals surface area contributed by atoms with Crippen molar-refractivity contribution >= 4 is 33.7 Å². The van der Waals surface area contributed by atoms with Gasteiger partial charge in [0.25, 0.3) is 5.69 Å². The molecule has 0 amide bonds. The minimum Gasteiger partial charge on any atom is -0.285 e. The summed E-state index contributed by atoms with van der Waals surface area (Å²) in [4.78, 5) is 8.66. The first kappa shape index (κ1) is 46.4. The van der Waals surface area contributed by atoms with E-state index in [1.54, 1.807) is 18.6 Å². The standard InChI is InChI=1S/2C13H12NO.2C13H11N.4B/c15-14-9-3-5-11-8-7-10-4-1-2-6-12(10)13(11)14;15-14-8-7-11-6-5-10-3-1-2-4-12(10)13(11)9-14;1-2-6-12-10(4-1)7-8-11-5-3-9-14-13(11)12;1-2-4-12-10(3-1)5-6-11-7-8-14-9-13(11)12;;;;/h1-6,9,15H,7-8H2;1-4,7-9,15H,5-6H2;1-6,9H,7-8H2;1-4,7-9H,5-6H2;;;;/q2*+1;;;;;;. The van der Waals surface area contributed by atoms with Gasteiger partial charge in [0.05, 0.1) is 16.8 Å². The molecule has 0 aliphatic heterocycles. The third kappa shape index (κ3) is 9.76. The van der Waals surface area contributed by atoms with Gasteiger partial charge in [-0.25, -0.2) is 0 Å². The van der Waals surface area contributed by atoms with Crippen LogP contribution in [0.15, 0.2) is 171 Å². The summed E-state index contributed by atoms with van der Waals surface area (Å²) in [6.45, 7) is 0. The summed E-state index contributed by atoms with van der Waals surface area (Å²) in [5.74, 6) is 0. The molecule has 6 nitrogen and oxygen atoms in total. The summed E-state index contributed by atoms with van der Waals surface area (Å²) >= 11 is 0. The summed E-state index contributed by atoms with van der Waals surface area (Å²) < 4.78 is 2.36. The van der Waals surface area contributed by atoms with Gasteiger partial charge in [0.1, 0.15) is 0 Å². The van der Waals surface area contributed by atoms with Gasteiger partial charge in [-0.3, -0.25) is 20.4 Å². The first-order valence-electron chi connectivity index (χ1n) is 20.3. The molecule has 2 N–H and O–H groups in total. The summed E-state index contributed by atoms with van der Waals surface area (Å²) in [5.41, 5.74) is 20.6. The van der Waals surface area contributed by atoms with E-state index in [9.17, 15) is 10.4 Å². The Morgan fingerprint density at radius 1 is 0.371 bits per heavy atom. The summed E-state index contributed by atoms with van der Waals surface area (Å²) in [5, 5.41) is 19.3. The number of benzene rings is 4. The second-order valence-corrected chi connectivity index (χ2v) is 15.2. The number of hydrogen-bond acceptors (Lipinski definition) is 4. The van der Waals surface area contributed by atoms with Gasteiger partial charge in [-0.15, -0.1) is 0 Å². The van der Waals surface area contributed by atoms with Crippen molar-refractivity contribution < 1.29 is 19.9 Å². The van der Waals surface area contributed by atoms with Crippen molar-refractivity contribution in [1.29, 1.82) is 0 Å². The second kappa shape index (κ2) is 21.2. The van der Waals surface area contributed by atoms with Crippen LogP contribution in [0.4, 0.5) is 0 Å². The van der Waals surface area contributed by atoms with E-state index in [0.29, 0.717) is 0 Å². The van der Waals surface area contributed by atoms with Gasteiger partial charge in [-0.05, 0) is 126 Å². The molecule has 0 fully saturated rings. The van der Waals surface area contributed by atoms with Gasteiger partial charge in [0.2, 0.25) is 18.6 Å². The summed E-state index contributed by atoms with van der Waals surface area (Å²) in [6.07, 6.45) is 19.7. The minimum absolute atomic E-state index is 0. The Morgan fingerprint density at radius 3 is 1.47 bits per heavy atom. The predicted molar refractivity (Wildman–Crippen MR) is 251 cm³/mol. The van der Waals surface area contributed by atoms with Crippen molar-refractivity contribution in [2.75, 3.05) is 0 Å². The van der Waals surface area contributed by atoms with Gasteiger partial charge < -0.3 is 0 Å². The normalized spacial score (nSPS) is 12.3. The Bertz CT molecular complexity index is 2580. The van der Waals surface area contributed by atoms with Gasteiger partial charge in [0.15, 0.2) is 0 Å². The average Bonchev–Trinajstić information content (AvgIpc) is 3.29. The Balaban J connectivity index is 0.000000153. The third-order valence-electron chi connectivity index (χ3n) is 11.7. The van der Waals surface area contributed by atoms with Gasteiger partial charge >= 0.3 is 0 Å². The molecule has 4 aromatic carbocycles. The van der Waals surface area contributed by atoms with Crippen molar-refractivity contribution in [3.05, 3.63) is 215 Å². The molecule has 4 aliphatic carbocycles. The van der Waals surface area contributed by atoms with Crippen LogP contribution in [0, 0.1) is 0 Å². The second-order valence-electron chi connectivity index (χ2n) is 15.2. The van der Waals surface area contributed by atoms with Crippen LogP contribution >= 0.6 is 0 Å². The Hall–Kier alpha value is -6.66. The van der Waals surface area contributed by atoms with Gasteiger partial charge in [-0.2, -0.15) is 0 Å². The van der Waals surface area contributed by atoms with Crippen molar-refractivity contribution in [2.45, 2.75) is 51.4 Å². The first-order valence-corrected chi connectivity index (χ1v) is 20.3. The smallest absolute Gasteiger partial charge is 0.267 e. The zero-order valence-corrected chi connectivity index (χ0v) is 34.8. The van der Waals surface area contributed by atoms with E-state index in [4.69, 9.17) is 0 Å². The maximum Gasteiger partial charge on any atom is 0.267 e. The molecule has 4 aliphatic rings. The van der Waals surface area contributed by atoms with E-state index in [-0.39, 0.29) is 33.7 Å². The van der Waals surface area contributed by atoms with Crippen LogP contribution in [0.2, 0.25) is 0 Å². The van der Waals surface area contributed by atoms with Crippen molar-refractivity contribution in [1.82, 2.24) is 9.97 Å². The van der Waals surface area contributed by atoms with Crippen molar-refractivity contribution in [3.63, 3.8) is 0 Å². The van der Waals surface area contributed by atoms with Crippen molar-refractivity contribution in [2.24, 2.45) is 0 Å². The highest BCUT2D eigenvalue weighted by Gasteiger charge is 2.25. The van der Waals surface area contributed by atoms with Gasteiger partial charge in [0, 0.05) is 90.5 Å². The average molecular weight is 802 g/mol. The maximum atomic E-state index is 9.82. The quantitative estimate of drug-likeness (QED) is 0.0924. The molecule has 12 rings (SSSR count). The van der Waals surface area contributed by atoms with E-state index in [0.717, 1.165) is 72.9 Å². The number of fused-ring (bicyclic) bond motifs is 12. The monoisotopic (exact) mass is 802 g/mol. The lowest BCUT2D eigenvalue weighted by Gasteiger charge is -2.18.